The van der Waals surface area contributed by atoms with Gasteiger partial charge in [0.1, 0.15) is 5.69 Å². The first kappa shape index (κ1) is 22.5. The SMILES string of the molecule is CCN(CC)S(=O)(=O)c1ccc(N/N=C\c2c(C)cc(C)cc2C)c([N+](=O)[O-])c1. The smallest absolute Gasteiger partial charge is 0.272 e. The molecule has 2 rings (SSSR count). The van der Waals surface area contributed by atoms with E-state index in [-0.39, 0.29) is 29.4 Å². The van der Waals surface area contributed by atoms with E-state index in [0.29, 0.717) is 0 Å². The maximum atomic E-state index is 12.6. The van der Waals surface area contributed by atoms with Gasteiger partial charge in [-0.1, -0.05) is 31.5 Å². The second kappa shape index (κ2) is 9.15. The molecule has 0 aliphatic rings. The molecule has 8 nitrogen and oxygen atoms in total. The standard InChI is InChI=1S/C20H26N4O4S/c1-6-23(7-2)29(27,28)17-8-9-19(20(12-17)24(25)26)22-21-13-18-15(4)10-14(3)11-16(18)5/h8-13,22H,6-7H2,1-5H3/b21-13-. The van der Waals surface area contributed by atoms with E-state index in [4.69, 9.17) is 0 Å². The summed E-state index contributed by atoms with van der Waals surface area (Å²) in [6.07, 6.45) is 1.61. The normalized spacial score (nSPS) is 11.9. The molecule has 0 radical (unpaired) electrons. The van der Waals surface area contributed by atoms with Crippen LogP contribution >= 0.6 is 0 Å². The molecule has 0 fully saturated rings. The average molecular weight is 419 g/mol. The average Bonchev–Trinajstić information content (AvgIpc) is 2.64. The maximum Gasteiger partial charge on any atom is 0.295 e. The van der Waals surface area contributed by atoms with Gasteiger partial charge in [-0.2, -0.15) is 9.41 Å². The molecule has 2 aromatic carbocycles. The van der Waals surface area contributed by atoms with Gasteiger partial charge in [0.05, 0.1) is 16.0 Å². The van der Waals surface area contributed by atoms with Crippen LogP contribution in [-0.4, -0.2) is 37.0 Å². The van der Waals surface area contributed by atoms with E-state index in [2.05, 4.69) is 10.5 Å². The summed E-state index contributed by atoms with van der Waals surface area (Å²) in [5, 5.41) is 15.6. The largest absolute Gasteiger partial charge is 0.295 e. The van der Waals surface area contributed by atoms with E-state index in [1.807, 2.05) is 32.9 Å². The number of nitrogens with zero attached hydrogens (tertiary/aromatic N) is 3. The van der Waals surface area contributed by atoms with Gasteiger partial charge >= 0.3 is 0 Å². The van der Waals surface area contributed by atoms with Gasteiger partial charge in [0.15, 0.2) is 0 Å². The molecule has 0 aromatic heterocycles. The number of aryl methyl sites for hydroxylation is 3. The lowest BCUT2D eigenvalue weighted by Gasteiger charge is -2.18. The number of hydrogen-bond acceptors (Lipinski definition) is 6. The van der Waals surface area contributed by atoms with Crippen LogP contribution in [0.3, 0.4) is 0 Å². The Hall–Kier alpha value is -2.78. The maximum absolute atomic E-state index is 12.6. The molecule has 0 aliphatic carbocycles. The van der Waals surface area contributed by atoms with Crippen molar-refractivity contribution >= 4 is 27.6 Å². The third-order valence-corrected chi connectivity index (χ3v) is 6.67. The molecule has 0 unspecified atom stereocenters. The minimum atomic E-state index is -3.79. The summed E-state index contributed by atoms with van der Waals surface area (Å²) < 4.78 is 26.5. The first-order chi connectivity index (χ1) is 13.6. The monoisotopic (exact) mass is 418 g/mol. The van der Waals surface area contributed by atoms with Crippen LogP contribution in [0.4, 0.5) is 11.4 Å². The molecule has 0 amide bonds. The zero-order chi connectivity index (χ0) is 21.8. The summed E-state index contributed by atoms with van der Waals surface area (Å²) in [6, 6.07) is 7.84. The quantitative estimate of drug-likeness (QED) is 0.396. The molecule has 29 heavy (non-hydrogen) atoms. The minimum Gasteiger partial charge on any atom is -0.272 e. The zero-order valence-electron chi connectivity index (χ0n) is 17.3. The second-order valence-corrected chi connectivity index (χ2v) is 8.65. The van der Waals surface area contributed by atoms with Crippen molar-refractivity contribution in [1.82, 2.24) is 4.31 Å². The van der Waals surface area contributed by atoms with Crippen LogP contribution in [0.25, 0.3) is 0 Å². The highest BCUT2D eigenvalue weighted by molar-refractivity contribution is 7.89. The fourth-order valence-electron chi connectivity index (χ4n) is 3.19. The third-order valence-electron chi connectivity index (χ3n) is 4.63. The highest BCUT2D eigenvalue weighted by Crippen LogP contribution is 2.29. The van der Waals surface area contributed by atoms with Crippen molar-refractivity contribution in [2.45, 2.75) is 39.5 Å². The van der Waals surface area contributed by atoms with E-state index >= 15 is 0 Å². The number of nitro groups is 1. The van der Waals surface area contributed by atoms with Crippen molar-refractivity contribution in [3.05, 3.63) is 62.7 Å². The van der Waals surface area contributed by atoms with Crippen LogP contribution in [0.5, 0.6) is 0 Å². The van der Waals surface area contributed by atoms with Crippen LogP contribution in [0.1, 0.15) is 36.1 Å². The predicted octanol–water partition coefficient (Wildman–Crippen LogP) is 4.00. The molecule has 0 bridgehead atoms. The summed E-state index contributed by atoms with van der Waals surface area (Å²) in [4.78, 5) is 10.8. The Balaban J connectivity index is 2.37. The summed E-state index contributed by atoms with van der Waals surface area (Å²) in [5.41, 5.74) is 6.59. The number of hydrazone groups is 1. The number of nitro benzene ring substituents is 1. The van der Waals surface area contributed by atoms with Gasteiger partial charge in [-0.3, -0.25) is 15.5 Å². The van der Waals surface area contributed by atoms with Gasteiger partial charge < -0.3 is 0 Å². The van der Waals surface area contributed by atoms with Crippen molar-refractivity contribution in [3.8, 4) is 0 Å². The third kappa shape index (κ3) is 4.99. The fourth-order valence-corrected chi connectivity index (χ4v) is 4.67. The number of nitrogens with one attached hydrogen (secondary N) is 1. The van der Waals surface area contributed by atoms with E-state index in [0.717, 1.165) is 28.3 Å². The van der Waals surface area contributed by atoms with Gasteiger partial charge in [0, 0.05) is 24.7 Å². The Kier molecular flexibility index (Phi) is 7.10. The molecule has 0 spiro atoms. The molecule has 0 aliphatic heterocycles. The number of benzene rings is 2. The molecular formula is C20H26N4O4S. The van der Waals surface area contributed by atoms with Crippen LogP contribution in [-0.2, 0) is 10.0 Å². The van der Waals surface area contributed by atoms with Crippen LogP contribution < -0.4 is 5.43 Å². The topological polar surface area (TPSA) is 105 Å². The number of anilines is 1. The summed E-state index contributed by atoms with van der Waals surface area (Å²) in [7, 11) is -3.79. The first-order valence-corrected chi connectivity index (χ1v) is 10.7. The number of sulfonamides is 1. The Labute approximate surface area is 171 Å². The Bertz CT molecular complexity index is 1020. The second-order valence-electron chi connectivity index (χ2n) is 6.71. The molecule has 2 aromatic rings. The van der Waals surface area contributed by atoms with Gasteiger partial charge in [-0.15, -0.1) is 0 Å². The van der Waals surface area contributed by atoms with Crippen LogP contribution in [0.15, 0.2) is 40.3 Å². The van der Waals surface area contributed by atoms with Crippen molar-refractivity contribution in [3.63, 3.8) is 0 Å². The highest BCUT2D eigenvalue weighted by atomic mass is 32.2. The van der Waals surface area contributed by atoms with Gasteiger partial charge in [0.25, 0.3) is 5.69 Å². The van der Waals surface area contributed by atoms with Crippen molar-refractivity contribution in [1.29, 1.82) is 0 Å². The lowest BCUT2D eigenvalue weighted by Crippen LogP contribution is -2.30. The lowest BCUT2D eigenvalue weighted by molar-refractivity contribution is -0.384. The Morgan fingerprint density at radius 3 is 2.21 bits per heavy atom. The Morgan fingerprint density at radius 1 is 1.10 bits per heavy atom. The molecule has 1 N–H and O–H groups in total. The highest BCUT2D eigenvalue weighted by Gasteiger charge is 2.25. The lowest BCUT2D eigenvalue weighted by atomic mass is 10.0. The predicted molar refractivity (Wildman–Crippen MR) is 115 cm³/mol. The van der Waals surface area contributed by atoms with Gasteiger partial charge in [-0.05, 0) is 44.0 Å². The zero-order valence-corrected chi connectivity index (χ0v) is 18.1. The summed E-state index contributed by atoms with van der Waals surface area (Å²) in [6.45, 7) is 9.95. The van der Waals surface area contributed by atoms with Crippen molar-refractivity contribution in [2.75, 3.05) is 18.5 Å². The molecule has 0 saturated carbocycles. The van der Waals surface area contributed by atoms with Crippen molar-refractivity contribution in [2.24, 2.45) is 5.10 Å². The molecule has 0 heterocycles. The molecule has 156 valence electrons. The van der Waals surface area contributed by atoms with E-state index < -0.39 is 14.9 Å². The molecular weight excluding hydrogens is 392 g/mol. The molecule has 0 saturated heterocycles. The van der Waals surface area contributed by atoms with Crippen molar-refractivity contribution < 1.29 is 13.3 Å². The van der Waals surface area contributed by atoms with E-state index in [9.17, 15) is 18.5 Å². The number of hydrogen-bond donors (Lipinski definition) is 1. The summed E-state index contributed by atoms with van der Waals surface area (Å²) >= 11 is 0. The molecule has 0 atom stereocenters. The van der Waals surface area contributed by atoms with Gasteiger partial charge in [0.2, 0.25) is 10.0 Å². The Morgan fingerprint density at radius 2 is 1.69 bits per heavy atom. The summed E-state index contributed by atoms with van der Waals surface area (Å²) in [5.74, 6) is 0. The fraction of sp³-hybridized carbons (Fsp3) is 0.350. The van der Waals surface area contributed by atoms with Crippen LogP contribution in [0.2, 0.25) is 0 Å². The first-order valence-electron chi connectivity index (χ1n) is 9.27. The van der Waals surface area contributed by atoms with Crippen LogP contribution in [0, 0.1) is 30.9 Å². The number of rotatable bonds is 8. The minimum absolute atomic E-state index is 0.118. The van der Waals surface area contributed by atoms with E-state index in [1.165, 1.54) is 16.4 Å². The van der Waals surface area contributed by atoms with E-state index in [1.54, 1.807) is 20.1 Å². The molecule has 9 heteroatoms. The van der Waals surface area contributed by atoms with Gasteiger partial charge in [-0.25, -0.2) is 8.42 Å².